The van der Waals surface area contributed by atoms with E-state index in [9.17, 15) is 18.1 Å². The van der Waals surface area contributed by atoms with Gasteiger partial charge in [0.25, 0.3) is 0 Å². The van der Waals surface area contributed by atoms with Crippen molar-refractivity contribution >= 4 is 10.1 Å². The quantitative estimate of drug-likeness (QED) is 0.165. The van der Waals surface area contributed by atoms with Crippen LogP contribution in [0.3, 0.4) is 0 Å². The summed E-state index contributed by atoms with van der Waals surface area (Å²) in [7, 11) is -4.67. The third-order valence-corrected chi connectivity index (χ3v) is 7.15. The van der Waals surface area contributed by atoms with E-state index in [1.165, 1.54) is 57.8 Å². The fraction of sp³-hybridized carbons (Fsp3) is 1.00. The Kier molecular flexibility index (Phi) is 22.9. The van der Waals surface area contributed by atoms with Gasteiger partial charge in [-0.2, -0.15) is 0 Å². The van der Waals surface area contributed by atoms with Crippen molar-refractivity contribution in [2.45, 2.75) is 147 Å². The first-order valence-electron chi connectivity index (χ1n) is 12.0. The van der Waals surface area contributed by atoms with E-state index in [-0.39, 0.29) is 42.4 Å². The number of rotatable bonds is 21. The molecule has 6 heteroatoms. The maximum atomic E-state index is 11.5. The van der Waals surface area contributed by atoms with Crippen molar-refractivity contribution in [2.24, 2.45) is 0 Å². The van der Waals surface area contributed by atoms with Gasteiger partial charge in [-0.05, 0) is 25.7 Å². The molecule has 29 heavy (non-hydrogen) atoms. The number of aliphatic hydroxyl groups is 1. The molecule has 170 valence electrons. The summed E-state index contributed by atoms with van der Waals surface area (Å²) in [5.74, 6) is 0. The van der Waals surface area contributed by atoms with Crippen LogP contribution in [0.25, 0.3) is 0 Å². The number of unbranched alkanes of at least 4 members (excludes halogenated alkanes) is 16. The molecule has 0 saturated heterocycles. The van der Waals surface area contributed by atoms with Gasteiger partial charge < -0.3 is 9.66 Å². The van der Waals surface area contributed by atoms with E-state index in [1.807, 2.05) is 0 Å². The summed E-state index contributed by atoms with van der Waals surface area (Å²) >= 11 is 0. The molecule has 0 radical (unpaired) electrons. The standard InChI is InChI=1S/C23H48O4S.Na/c1-3-5-7-9-11-12-13-14-15-16-18-20-22-23(24,28(25,26)27)21-19-17-10-8-6-4-2;/h24H,3-22H2,1-2H3,(H,25,26,27);/q;+1/p-1. The van der Waals surface area contributed by atoms with Gasteiger partial charge in [-0.3, -0.25) is 0 Å². The predicted octanol–water partition coefficient (Wildman–Crippen LogP) is 4.07. The van der Waals surface area contributed by atoms with E-state index in [1.54, 1.807) is 0 Å². The van der Waals surface area contributed by atoms with Gasteiger partial charge in [-0.25, -0.2) is 8.42 Å². The summed E-state index contributed by atoms with van der Waals surface area (Å²) in [5, 5.41) is 10.4. The molecular weight excluding hydrogens is 395 g/mol. The Bertz CT molecular complexity index is 442. The van der Waals surface area contributed by atoms with Gasteiger partial charge in [0.1, 0.15) is 10.1 Å². The molecule has 0 aromatic heterocycles. The van der Waals surface area contributed by atoms with E-state index in [0.717, 1.165) is 44.9 Å². The summed E-state index contributed by atoms with van der Waals surface area (Å²) in [6.07, 6.45) is 20.5. The summed E-state index contributed by atoms with van der Waals surface area (Å²) < 4.78 is 34.6. The van der Waals surface area contributed by atoms with Gasteiger partial charge in [-0.15, -0.1) is 0 Å². The molecule has 0 aromatic rings. The average Bonchev–Trinajstić information content (AvgIpc) is 2.64. The smallest absolute Gasteiger partial charge is 0.746 e. The minimum Gasteiger partial charge on any atom is -0.746 e. The fourth-order valence-electron chi connectivity index (χ4n) is 3.80. The molecule has 1 N–H and O–H groups in total. The zero-order chi connectivity index (χ0) is 21.1. The van der Waals surface area contributed by atoms with Gasteiger partial charge >= 0.3 is 29.6 Å². The Balaban J connectivity index is 0. The molecular formula is C23H47NaO4S. The van der Waals surface area contributed by atoms with Crippen molar-refractivity contribution in [1.29, 1.82) is 0 Å². The molecule has 4 nitrogen and oxygen atoms in total. The van der Waals surface area contributed by atoms with E-state index < -0.39 is 15.1 Å². The molecule has 0 aliphatic heterocycles. The normalized spacial score (nSPS) is 13.8. The SMILES string of the molecule is CCCCCCCCCCCCCCC(O)(CCCCCCCC)S(=O)(=O)[O-].[Na+]. The summed E-state index contributed by atoms with van der Waals surface area (Å²) in [6, 6.07) is 0. The average molecular weight is 443 g/mol. The molecule has 1 unspecified atom stereocenters. The van der Waals surface area contributed by atoms with E-state index in [0.29, 0.717) is 12.8 Å². The zero-order valence-electron chi connectivity index (χ0n) is 19.7. The molecule has 1 atom stereocenters. The Morgan fingerprint density at radius 3 is 1.07 bits per heavy atom. The maximum Gasteiger partial charge on any atom is 1.00 e. The molecule has 0 saturated carbocycles. The Morgan fingerprint density at radius 2 is 0.828 bits per heavy atom. The van der Waals surface area contributed by atoms with Crippen LogP contribution in [0.4, 0.5) is 0 Å². The van der Waals surface area contributed by atoms with Crippen LogP contribution in [-0.2, 0) is 10.1 Å². The number of hydrogen-bond acceptors (Lipinski definition) is 4. The Hall–Kier alpha value is 0.870. The van der Waals surface area contributed by atoms with Crippen LogP contribution >= 0.6 is 0 Å². The van der Waals surface area contributed by atoms with Gasteiger partial charge in [0, 0.05) is 0 Å². The maximum absolute atomic E-state index is 11.5. The third-order valence-electron chi connectivity index (χ3n) is 5.81. The van der Waals surface area contributed by atoms with Crippen molar-refractivity contribution in [3.05, 3.63) is 0 Å². The first-order valence-corrected chi connectivity index (χ1v) is 13.5. The summed E-state index contributed by atoms with van der Waals surface area (Å²) in [6.45, 7) is 4.39. The van der Waals surface area contributed by atoms with Crippen LogP contribution in [0.1, 0.15) is 142 Å². The van der Waals surface area contributed by atoms with Crippen LogP contribution in [0.2, 0.25) is 0 Å². The molecule has 0 heterocycles. The summed E-state index contributed by atoms with van der Waals surface area (Å²) in [5.41, 5.74) is 0. The largest absolute Gasteiger partial charge is 1.00 e. The summed E-state index contributed by atoms with van der Waals surface area (Å²) in [4.78, 5) is -2.06. The second kappa shape index (κ2) is 20.8. The van der Waals surface area contributed by atoms with Gasteiger partial charge in [0.2, 0.25) is 0 Å². The van der Waals surface area contributed by atoms with Crippen LogP contribution in [-0.4, -0.2) is 23.0 Å². The van der Waals surface area contributed by atoms with Crippen molar-refractivity contribution in [3.63, 3.8) is 0 Å². The molecule has 0 rings (SSSR count). The molecule has 0 amide bonds. The topological polar surface area (TPSA) is 77.4 Å². The monoisotopic (exact) mass is 442 g/mol. The van der Waals surface area contributed by atoms with Gasteiger partial charge in [0.15, 0.2) is 4.93 Å². The first kappa shape index (κ1) is 32.1. The minimum atomic E-state index is -4.67. The van der Waals surface area contributed by atoms with Crippen molar-refractivity contribution in [3.8, 4) is 0 Å². The van der Waals surface area contributed by atoms with E-state index >= 15 is 0 Å². The van der Waals surface area contributed by atoms with Crippen molar-refractivity contribution in [2.75, 3.05) is 0 Å². The van der Waals surface area contributed by atoms with Crippen molar-refractivity contribution < 1.29 is 47.6 Å². The van der Waals surface area contributed by atoms with Crippen LogP contribution in [0.15, 0.2) is 0 Å². The molecule has 0 aliphatic rings. The molecule has 0 aromatic carbocycles. The third kappa shape index (κ3) is 18.2. The molecule has 0 fully saturated rings. The second-order valence-electron chi connectivity index (χ2n) is 8.56. The second-order valence-corrected chi connectivity index (χ2v) is 10.2. The van der Waals surface area contributed by atoms with Crippen LogP contribution in [0.5, 0.6) is 0 Å². The Morgan fingerprint density at radius 1 is 0.586 bits per heavy atom. The Labute approximate surface area is 204 Å². The van der Waals surface area contributed by atoms with Crippen LogP contribution < -0.4 is 29.6 Å². The van der Waals surface area contributed by atoms with Gasteiger partial charge in [0.05, 0.1) is 0 Å². The molecule has 0 spiro atoms. The van der Waals surface area contributed by atoms with E-state index in [4.69, 9.17) is 0 Å². The predicted molar refractivity (Wildman–Crippen MR) is 118 cm³/mol. The van der Waals surface area contributed by atoms with Gasteiger partial charge in [-0.1, -0.05) is 117 Å². The first-order chi connectivity index (χ1) is 13.4. The molecule has 0 bridgehead atoms. The van der Waals surface area contributed by atoms with Crippen molar-refractivity contribution in [1.82, 2.24) is 0 Å². The fourth-order valence-corrected chi connectivity index (χ4v) is 4.59. The van der Waals surface area contributed by atoms with Crippen LogP contribution in [0, 0.1) is 0 Å². The van der Waals surface area contributed by atoms with E-state index in [2.05, 4.69) is 13.8 Å². The zero-order valence-corrected chi connectivity index (χ0v) is 22.5. The molecule has 0 aliphatic carbocycles. The number of hydrogen-bond donors (Lipinski definition) is 1. The minimum absolute atomic E-state index is 0.